The van der Waals surface area contributed by atoms with Crippen LogP contribution in [0.4, 0.5) is 5.95 Å². The number of aromatic hydroxyl groups is 2. The maximum Gasteiger partial charge on any atom is 3.00 e. The van der Waals surface area contributed by atoms with E-state index < -0.39 is 11.3 Å². The molecule has 0 radical (unpaired) electrons. The maximum atomic E-state index is 11.9. The number of anilines is 1. The summed E-state index contributed by atoms with van der Waals surface area (Å²) in [5, 5.41) is 38.8. The standard InChI is InChI=1S/C26H22N6O6.La.3H2O/c1-4-21-29-31-26(30-27-11-17-19(33)7-5-15-13(2)9-22(35)37-24(15)17)32(21)28-12-18-20(34)8-6-16-14(3)10-23(36)38-25(16)18;;;;/h5-12,33-34H,4H2,1-3H3,(H,30,31);;3*1H2/q;+3;;;/b27-11+,28-12+;;;;. The maximum absolute atomic E-state index is 11.9. The molecular formula is C26H28LaN6O9+3. The van der Waals surface area contributed by atoms with Crippen molar-refractivity contribution in [3.8, 4) is 11.5 Å². The van der Waals surface area contributed by atoms with Gasteiger partial charge >= 0.3 is 46.9 Å². The molecule has 0 aliphatic rings. The molecule has 0 aliphatic carbocycles. The minimum Gasteiger partial charge on any atom is -0.507 e. The van der Waals surface area contributed by atoms with Crippen molar-refractivity contribution in [2.45, 2.75) is 27.2 Å². The van der Waals surface area contributed by atoms with Crippen molar-refractivity contribution in [2.75, 3.05) is 5.43 Å². The van der Waals surface area contributed by atoms with E-state index in [-0.39, 0.29) is 91.8 Å². The van der Waals surface area contributed by atoms with Crippen LogP contribution in [0.25, 0.3) is 21.9 Å². The molecule has 0 atom stereocenters. The van der Waals surface area contributed by atoms with Crippen molar-refractivity contribution in [1.82, 2.24) is 14.9 Å². The van der Waals surface area contributed by atoms with Gasteiger partial charge in [0.1, 0.15) is 11.5 Å². The number of rotatable bonds is 6. The third-order valence-electron chi connectivity index (χ3n) is 5.95. The second kappa shape index (κ2) is 14.6. The fraction of sp³-hybridized carbons (Fsp3) is 0.154. The fourth-order valence-corrected chi connectivity index (χ4v) is 4.03. The zero-order valence-corrected chi connectivity index (χ0v) is 26.3. The van der Waals surface area contributed by atoms with Gasteiger partial charge in [0.25, 0.3) is 5.95 Å². The van der Waals surface area contributed by atoms with E-state index >= 15 is 0 Å². The van der Waals surface area contributed by atoms with Gasteiger partial charge in [-0.1, -0.05) is 6.92 Å². The largest absolute Gasteiger partial charge is 3.00 e. The van der Waals surface area contributed by atoms with Gasteiger partial charge < -0.3 is 35.5 Å². The number of hydrazone groups is 1. The molecule has 3 aromatic heterocycles. The molecule has 0 amide bonds. The summed E-state index contributed by atoms with van der Waals surface area (Å²) in [5.41, 5.74) is 3.82. The first kappa shape index (κ1) is 35.8. The van der Waals surface area contributed by atoms with Crippen LogP contribution in [0.5, 0.6) is 11.5 Å². The van der Waals surface area contributed by atoms with Crippen LogP contribution in [0.2, 0.25) is 0 Å². The molecule has 5 aromatic rings. The SMILES string of the molecule is CCc1nnc(N/N=C/c2c(O)ccc3c(C)cc(=O)oc23)n1/N=C/c1c(O)ccc2c(C)cc(=O)oc12.O.O.O.[La+3]. The quantitative estimate of drug-likeness (QED) is 0.129. The molecule has 0 aliphatic heterocycles. The summed E-state index contributed by atoms with van der Waals surface area (Å²) in [6.07, 6.45) is 3.10. The van der Waals surface area contributed by atoms with E-state index in [2.05, 4.69) is 25.8 Å². The van der Waals surface area contributed by atoms with Crippen molar-refractivity contribution < 1.29 is 71.1 Å². The van der Waals surface area contributed by atoms with Gasteiger partial charge in [-0.15, -0.1) is 10.2 Å². The fourth-order valence-electron chi connectivity index (χ4n) is 4.03. The molecule has 15 nitrogen and oxygen atoms in total. The monoisotopic (exact) mass is 707 g/mol. The summed E-state index contributed by atoms with van der Waals surface area (Å²) in [6, 6.07) is 9.02. The van der Waals surface area contributed by atoms with E-state index in [4.69, 9.17) is 8.83 Å². The Kier molecular flexibility index (Phi) is 12.5. The van der Waals surface area contributed by atoms with Crippen LogP contribution in [0.3, 0.4) is 0 Å². The second-order valence-corrected chi connectivity index (χ2v) is 8.47. The zero-order valence-electron chi connectivity index (χ0n) is 22.7. The number of nitrogens with one attached hydrogen (secondary N) is 1. The third kappa shape index (κ3) is 6.81. The molecule has 2 aromatic carbocycles. The second-order valence-electron chi connectivity index (χ2n) is 8.47. The Labute approximate surface area is 264 Å². The predicted octanol–water partition coefficient (Wildman–Crippen LogP) is 0.935. The first-order valence-corrected chi connectivity index (χ1v) is 11.6. The van der Waals surface area contributed by atoms with Crippen LogP contribution in [-0.2, 0) is 6.42 Å². The number of aromatic nitrogens is 3. The minimum atomic E-state index is -0.549. The van der Waals surface area contributed by atoms with E-state index in [9.17, 15) is 19.8 Å². The third-order valence-corrected chi connectivity index (χ3v) is 5.95. The predicted molar refractivity (Wildman–Crippen MR) is 152 cm³/mol. The van der Waals surface area contributed by atoms with Crippen molar-refractivity contribution in [1.29, 1.82) is 0 Å². The van der Waals surface area contributed by atoms with E-state index in [0.717, 1.165) is 0 Å². The molecule has 42 heavy (non-hydrogen) atoms. The summed E-state index contributed by atoms with van der Waals surface area (Å²) in [6.45, 7) is 5.40. The smallest absolute Gasteiger partial charge is 0.507 e. The molecule has 0 unspecified atom stereocenters. The first-order valence-electron chi connectivity index (χ1n) is 11.6. The van der Waals surface area contributed by atoms with Crippen molar-refractivity contribution >= 4 is 40.3 Å². The summed E-state index contributed by atoms with van der Waals surface area (Å²) in [7, 11) is 0. The number of aryl methyl sites for hydroxylation is 3. The molecule has 0 saturated carbocycles. The van der Waals surface area contributed by atoms with Crippen molar-refractivity contribution in [2.24, 2.45) is 10.2 Å². The van der Waals surface area contributed by atoms with Gasteiger partial charge in [0.15, 0.2) is 17.0 Å². The Morgan fingerprint density at radius 1 is 0.857 bits per heavy atom. The summed E-state index contributed by atoms with van der Waals surface area (Å²) < 4.78 is 12.0. The van der Waals surface area contributed by atoms with Crippen molar-refractivity contribution in [3.63, 3.8) is 0 Å². The molecular weight excluding hydrogens is 679 g/mol. The van der Waals surface area contributed by atoms with Crippen LogP contribution in [0.1, 0.15) is 35.0 Å². The van der Waals surface area contributed by atoms with E-state index in [1.807, 2.05) is 6.92 Å². The normalized spacial score (nSPS) is 10.7. The van der Waals surface area contributed by atoms with Gasteiger partial charge in [0, 0.05) is 29.3 Å². The number of benzene rings is 2. The number of phenolic OH excluding ortho intramolecular Hbond substituents is 2. The van der Waals surface area contributed by atoms with Gasteiger partial charge in [-0.25, -0.2) is 15.0 Å². The van der Waals surface area contributed by atoms with Crippen LogP contribution in [0, 0.1) is 49.4 Å². The molecule has 9 N–H and O–H groups in total. The molecule has 0 bridgehead atoms. The summed E-state index contributed by atoms with van der Waals surface area (Å²) in [5.74, 6) is 0.348. The van der Waals surface area contributed by atoms with Gasteiger partial charge in [-0.2, -0.15) is 14.9 Å². The number of hydrogen-bond donors (Lipinski definition) is 3. The Bertz CT molecular complexity index is 1900. The molecule has 0 fully saturated rings. The Morgan fingerprint density at radius 2 is 1.36 bits per heavy atom. The van der Waals surface area contributed by atoms with E-state index in [1.54, 1.807) is 26.0 Å². The molecule has 5 rings (SSSR count). The number of fused-ring (bicyclic) bond motifs is 2. The number of nitrogens with zero attached hydrogens (tertiary/aromatic N) is 5. The van der Waals surface area contributed by atoms with E-state index in [1.165, 1.54) is 41.4 Å². The Hall–Kier alpha value is -4.19. The number of phenols is 2. The Balaban J connectivity index is 0.00000220. The zero-order chi connectivity index (χ0) is 27.0. The molecule has 0 spiro atoms. The van der Waals surface area contributed by atoms with E-state index in [0.29, 0.717) is 34.1 Å². The summed E-state index contributed by atoms with van der Waals surface area (Å²) >= 11 is 0. The van der Waals surface area contributed by atoms with Gasteiger partial charge in [-0.3, -0.25) is 0 Å². The molecule has 16 heteroatoms. The molecule has 0 saturated heterocycles. The van der Waals surface area contributed by atoms with Crippen LogP contribution >= 0.6 is 0 Å². The summed E-state index contributed by atoms with van der Waals surface area (Å²) in [4.78, 5) is 23.8. The average Bonchev–Trinajstić information content (AvgIpc) is 3.26. The molecule has 3 heterocycles. The topological polar surface area (TPSA) is 263 Å². The number of hydrogen-bond acceptors (Lipinski definition) is 11. The van der Waals surface area contributed by atoms with Crippen LogP contribution in [-0.4, -0.2) is 53.9 Å². The van der Waals surface area contributed by atoms with Gasteiger partial charge in [-0.05, 0) is 49.2 Å². The Morgan fingerprint density at radius 3 is 1.86 bits per heavy atom. The molecule has 216 valence electrons. The van der Waals surface area contributed by atoms with Crippen molar-refractivity contribution in [3.05, 3.63) is 85.3 Å². The first-order chi connectivity index (χ1) is 18.3. The van der Waals surface area contributed by atoms with Crippen LogP contribution < -0.4 is 16.7 Å². The van der Waals surface area contributed by atoms with Gasteiger partial charge in [0.2, 0.25) is 0 Å². The van der Waals surface area contributed by atoms with Gasteiger partial charge in [0.05, 0.1) is 23.6 Å². The average molecular weight is 707 g/mol. The van der Waals surface area contributed by atoms with Crippen LogP contribution in [0.15, 0.2) is 65.0 Å². The minimum absolute atomic E-state index is 0.